The summed E-state index contributed by atoms with van der Waals surface area (Å²) in [4.78, 5) is 130. The summed E-state index contributed by atoms with van der Waals surface area (Å²) in [6, 6.07) is 8.61. The number of carboxylic acids is 2. The maximum Gasteiger partial charge on any atom is 0.341 e. The zero-order valence-corrected chi connectivity index (χ0v) is 40.0. The highest BCUT2D eigenvalue weighted by molar-refractivity contribution is 8.77. The Morgan fingerprint density at radius 3 is 1.26 bits per heavy atom. The van der Waals surface area contributed by atoms with Gasteiger partial charge in [0.05, 0.1) is 46.1 Å². The maximum absolute atomic E-state index is 14.5. The number of primary amides is 2. The summed E-state index contributed by atoms with van der Waals surface area (Å²) >= 11 is 0. The molecule has 4 atom stereocenters. The number of nitrogens with two attached hydrogens (primary N) is 2. The third kappa shape index (κ3) is 12.6. The lowest BCUT2D eigenvalue weighted by atomic mass is 10.0. The Labute approximate surface area is 398 Å². The van der Waals surface area contributed by atoms with E-state index in [1.807, 2.05) is 13.8 Å². The highest BCUT2D eigenvalue weighted by atomic mass is 33.1. The zero-order valence-electron chi connectivity index (χ0n) is 38.3. The summed E-state index contributed by atoms with van der Waals surface area (Å²) in [7, 11) is 1.85. The molecule has 6 N–H and O–H groups in total. The van der Waals surface area contributed by atoms with E-state index in [9.17, 15) is 58.2 Å². The van der Waals surface area contributed by atoms with E-state index in [0.717, 1.165) is 21.6 Å². The van der Waals surface area contributed by atoms with Crippen LogP contribution in [0.4, 0.5) is 0 Å². The van der Waals surface area contributed by atoms with E-state index in [4.69, 9.17) is 30.4 Å². The van der Waals surface area contributed by atoms with Crippen molar-refractivity contribution in [1.29, 1.82) is 0 Å². The number of benzene rings is 2. The highest BCUT2D eigenvalue weighted by Crippen LogP contribution is 2.41. The molecule has 0 spiro atoms. The third-order valence-corrected chi connectivity index (χ3v) is 13.8. The Balaban J connectivity index is 1.72. The van der Waals surface area contributed by atoms with Crippen molar-refractivity contribution in [3.63, 3.8) is 0 Å². The molecule has 0 fully saturated rings. The molecule has 2 amide bonds. The van der Waals surface area contributed by atoms with Crippen molar-refractivity contribution in [2.24, 2.45) is 23.3 Å². The number of unbranched alkanes of at least 4 members (excludes halogenated alkanes) is 2. The SMILES string of the molecule is CCCCOC(=O)C(CC(C)C(=O)n1c(C)c(C(=O)C(N)=O)c2c(OCC(=O)O)cccc21)SSC(CC(C)C(=O)n1c(C)c(C(=O)C(N)=O)c2c(OCC(=O)O)cccc21)C(=O)OCCCC. The quantitative estimate of drug-likeness (QED) is 0.0193. The van der Waals surface area contributed by atoms with E-state index < -0.39 is 94.6 Å². The van der Waals surface area contributed by atoms with Gasteiger partial charge in [0.1, 0.15) is 22.0 Å². The second kappa shape index (κ2) is 24.4. The average Bonchev–Trinajstić information content (AvgIpc) is 3.76. The fourth-order valence-electron chi connectivity index (χ4n) is 7.34. The number of ether oxygens (including phenoxy) is 4. The minimum Gasteiger partial charge on any atom is -0.481 e. The van der Waals surface area contributed by atoms with Gasteiger partial charge in [-0.25, -0.2) is 9.59 Å². The van der Waals surface area contributed by atoms with Crippen LogP contribution in [-0.2, 0) is 38.2 Å². The lowest BCUT2D eigenvalue weighted by Crippen LogP contribution is -2.30. The number of hydrogen-bond acceptors (Lipinski definition) is 16. The summed E-state index contributed by atoms with van der Waals surface area (Å²) in [6.45, 7) is 8.16. The summed E-state index contributed by atoms with van der Waals surface area (Å²) in [6.07, 6.45) is 2.09. The molecule has 2 heterocycles. The van der Waals surface area contributed by atoms with Crippen LogP contribution in [0, 0.1) is 25.7 Å². The van der Waals surface area contributed by atoms with Crippen molar-refractivity contribution >= 4 is 102 Å². The number of ketones is 2. The Bertz CT molecular complexity index is 2460. The van der Waals surface area contributed by atoms with Gasteiger partial charge in [-0.05, 0) is 63.8 Å². The Morgan fingerprint density at radius 1 is 0.603 bits per heavy atom. The fraction of sp³-hybridized carbons (Fsp3) is 0.435. The predicted molar refractivity (Wildman–Crippen MR) is 250 cm³/mol. The first kappa shape index (κ1) is 53.9. The van der Waals surface area contributed by atoms with E-state index in [1.165, 1.54) is 73.2 Å². The van der Waals surface area contributed by atoms with Crippen molar-refractivity contribution < 1.29 is 77.1 Å². The fourth-order valence-corrected chi connectivity index (χ4v) is 10.4. The zero-order chi connectivity index (χ0) is 50.6. The van der Waals surface area contributed by atoms with Gasteiger partial charge in [-0.2, -0.15) is 0 Å². The molecule has 0 saturated heterocycles. The van der Waals surface area contributed by atoms with Crippen molar-refractivity contribution in [3.05, 3.63) is 58.9 Å². The Hall–Kier alpha value is -6.68. The number of aromatic nitrogens is 2. The molecule has 22 heteroatoms. The van der Waals surface area contributed by atoms with Crippen LogP contribution in [0.2, 0.25) is 0 Å². The summed E-state index contributed by atoms with van der Waals surface area (Å²) < 4.78 is 24.4. The first-order valence-corrected chi connectivity index (χ1v) is 23.8. The molecule has 4 aromatic rings. The molecule has 2 aromatic heterocycles. The summed E-state index contributed by atoms with van der Waals surface area (Å²) in [5.74, 6) is -12.5. The van der Waals surface area contributed by atoms with Crippen LogP contribution in [0.5, 0.6) is 11.5 Å². The molecule has 0 aliphatic carbocycles. The Kier molecular flexibility index (Phi) is 19.3. The number of esters is 2. The number of fused-ring (bicyclic) bond motifs is 2. The second-order valence-corrected chi connectivity index (χ2v) is 18.5. The number of rotatable bonds is 27. The molecular formula is C46H54N4O16S2. The molecule has 0 aliphatic heterocycles. The molecular weight excluding hydrogens is 929 g/mol. The molecule has 0 aliphatic rings. The first-order chi connectivity index (χ1) is 32.2. The lowest BCUT2D eigenvalue weighted by molar-refractivity contribution is -0.144. The van der Waals surface area contributed by atoms with E-state index in [2.05, 4.69) is 0 Å². The van der Waals surface area contributed by atoms with Crippen molar-refractivity contribution in [2.45, 2.75) is 90.6 Å². The second-order valence-electron chi connectivity index (χ2n) is 15.8. The van der Waals surface area contributed by atoms with E-state index >= 15 is 0 Å². The largest absolute Gasteiger partial charge is 0.481 e. The number of carboxylic acid groups (broad SMARTS) is 2. The third-order valence-electron chi connectivity index (χ3n) is 10.7. The molecule has 0 saturated carbocycles. The van der Waals surface area contributed by atoms with Crippen LogP contribution < -0.4 is 20.9 Å². The molecule has 0 bridgehead atoms. The van der Waals surface area contributed by atoms with Crippen LogP contribution >= 0.6 is 21.6 Å². The van der Waals surface area contributed by atoms with E-state index in [1.54, 1.807) is 0 Å². The van der Waals surface area contributed by atoms with Gasteiger partial charge < -0.3 is 40.6 Å². The molecule has 4 rings (SSSR count). The van der Waals surface area contributed by atoms with Crippen molar-refractivity contribution in [2.75, 3.05) is 26.4 Å². The number of nitrogens with zero attached hydrogens (tertiary/aromatic N) is 2. The topological polar surface area (TPSA) is 310 Å². The van der Waals surface area contributed by atoms with Gasteiger partial charge in [0.15, 0.2) is 13.2 Å². The van der Waals surface area contributed by atoms with Crippen LogP contribution in [0.15, 0.2) is 36.4 Å². The van der Waals surface area contributed by atoms with Gasteiger partial charge in [0.2, 0.25) is 11.8 Å². The number of carbonyl (C=O) groups is 10. The molecule has 4 unspecified atom stereocenters. The summed E-state index contributed by atoms with van der Waals surface area (Å²) in [5, 5.41) is 16.3. The standard InChI is InChI=1S/C46H54N4O16S2/c1-7-9-17-63-45(61)31(19-23(3)43(59)49-25(5)35(39(55)41(47)57)37-27(49)13-11-15-29(37)65-21-33(51)52)67-68-32(46(62)64-18-10-8-2)20-24(4)44(60)50-26(6)36(40(56)42(48)58)38-28(50)14-12-16-30(38)66-22-34(53)54/h11-16,23-24,31-32H,7-10,17-22H2,1-6H3,(H2,47,57)(H2,48,58)(H,51,52)(H,53,54). The number of amides is 2. The maximum atomic E-state index is 14.5. The number of hydrogen-bond donors (Lipinski definition) is 4. The van der Waals surface area contributed by atoms with Gasteiger partial charge in [0.25, 0.3) is 23.4 Å². The van der Waals surface area contributed by atoms with Gasteiger partial charge >= 0.3 is 23.9 Å². The number of aliphatic carboxylic acids is 2. The van der Waals surface area contributed by atoms with Crippen LogP contribution in [0.25, 0.3) is 21.8 Å². The minimum absolute atomic E-state index is 0.00509. The monoisotopic (exact) mass is 982 g/mol. The molecule has 20 nitrogen and oxygen atoms in total. The van der Waals surface area contributed by atoms with Gasteiger partial charge in [-0.1, -0.05) is 74.3 Å². The van der Waals surface area contributed by atoms with Gasteiger partial charge in [-0.15, -0.1) is 0 Å². The van der Waals surface area contributed by atoms with Crippen LogP contribution in [0.1, 0.15) is 108 Å². The highest BCUT2D eigenvalue weighted by Gasteiger charge is 2.36. The first-order valence-electron chi connectivity index (χ1n) is 21.6. The minimum atomic E-state index is -1.33. The lowest BCUT2D eigenvalue weighted by Gasteiger charge is -2.23. The Morgan fingerprint density at radius 2 is 0.956 bits per heavy atom. The normalized spacial score (nSPS) is 13.0. The van der Waals surface area contributed by atoms with Crippen LogP contribution in [-0.4, -0.2) is 115 Å². The molecule has 366 valence electrons. The average molecular weight is 983 g/mol. The predicted octanol–water partition coefficient (Wildman–Crippen LogP) is 5.31. The van der Waals surface area contributed by atoms with E-state index in [-0.39, 0.29) is 81.9 Å². The van der Waals surface area contributed by atoms with Gasteiger partial charge in [-0.3, -0.25) is 47.5 Å². The molecule has 68 heavy (non-hydrogen) atoms. The van der Waals surface area contributed by atoms with Crippen LogP contribution in [0.3, 0.4) is 0 Å². The summed E-state index contributed by atoms with van der Waals surface area (Å²) in [5.41, 5.74) is 10.4. The van der Waals surface area contributed by atoms with Crippen molar-refractivity contribution in [1.82, 2.24) is 9.13 Å². The number of Topliss-reactive ketones (excluding diaryl/α,β-unsaturated/α-hetero) is 2. The number of carbonyl (C=O) groups excluding carboxylic acids is 8. The van der Waals surface area contributed by atoms with Gasteiger partial charge in [0, 0.05) is 23.2 Å². The smallest absolute Gasteiger partial charge is 0.341 e. The van der Waals surface area contributed by atoms with E-state index in [0.29, 0.717) is 25.7 Å². The molecule has 2 aromatic carbocycles. The molecule has 0 radical (unpaired) electrons. The van der Waals surface area contributed by atoms with Crippen molar-refractivity contribution in [3.8, 4) is 11.5 Å².